The van der Waals surface area contributed by atoms with Crippen LogP contribution in [-0.4, -0.2) is 5.91 Å². The summed E-state index contributed by atoms with van der Waals surface area (Å²) < 4.78 is 0.767. The molecule has 20 heavy (non-hydrogen) atoms. The van der Waals surface area contributed by atoms with Crippen LogP contribution in [-0.2, 0) is 0 Å². The minimum Gasteiger partial charge on any atom is -0.397 e. The van der Waals surface area contributed by atoms with Gasteiger partial charge < -0.3 is 11.1 Å². The molecule has 0 heterocycles. The van der Waals surface area contributed by atoms with Gasteiger partial charge in [-0.3, -0.25) is 4.79 Å². The lowest BCUT2D eigenvalue weighted by molar-refractivity contribution is 0.102. The SMILES string of the molecule is Cc1ccc(Br)c(C(=O)Nc2cc(C)c(C)cc2N)c1. The summed E-state index contributed by atoms with van der Waals surface area (Å²) in [5.41, 5.74) is 11.0. The molecule has 2 rings (SSSR count). The molecule has 2 aromatic carbocycles. The number of nitrogens with two attached hydrogens (primary N) is 1. The molecule has 0 aliphatic rings. The normalized spacial score (nSPS) is 10.4. The molecule has 104 valence electrons. The Morgan fingerprint density at radius 2 is 1.75 bits per heavy atom. The van der Waals surface area contributed by atoms with Crippen molar-refractivity contribution in [3.63, 3.8) is 0 Å². The number of amides is 1. The first-order valence-electron chi connectivity index (χ1n) is 6.32. The van der Waals surface area contributed by atoms with Gasteiger partial charge in [-0.1, -0.05) is 11.6 Å². The van der Waals surface area contributed by atoms with Crippen molar-refractivity contribution in [3.8, 4) is 0 Å². The minimum absolute atomic E-state index is 0.171. The third-order valence-electron chi connectivity index (χ3n) is 3.28. The highest BCUT2D eigenvalue weighted by Gasteiger charge is 2.12. The lowest BCUT2D eigenvalue weighted by atomic mass is 10.1. The molecule has 2 aromatic rings. The van der Waals surface area contributed by atoms with Gasteiger partial charge in [-0.25, -0.2) is 0 Å². The van der Waals surface area contributed by atoms with Gasteiger partial charge in [-0.05, 0) is 72.1 Å². The van der Waals surface area contributed by atoms with E-state index in [1.807, 2.05) is 51.1 Å². The third kappa shape index (κ3) is 3.02. The molecule has 3 N–H and O–H groups in total. The van der Waals surface area contributed by atoms with E-state index in [-0.39, 0.29) is 5.91 Å². The summed E-state index contributed by atoms with van der Waals surface area (Å²) in [5.74, 6) is -0.171. The maximum absolute atomic E-state index is 12.3. The Bertz CT molecular complexity index is 680. The second-order valence-corrected chi connectivity index (χ2v) is 5.82. The second kappa shape index (κ2) is 5.67. The summed E-state index contributed by atoms with van der Waals surface area (Å²) in [4.78, 5) is 12.3. The van der Waals surface area contributed by atoms with Gasteiger partial charge in [0.1, 0.15) is 0 Å². The van der Waals surface area contributed by atoms with Crippen LogP contribution in [0, 0.1) is 20.8 Å². The van der Waals surface area contributed by atoms with E-state index in [1.54, 1.807) is 0 Å². The van der Waals surface area contributed by atoms with E-state index >= 15 is 0 Å². The predicted molar refractivity (Wildman–Crippen MR) is 87.2 cm³/mol. The molecule has 1 amide bonds. The summed E-state index contributed by atoms with van der Waals surface area (Å²) in [6.07, 6.45) is 0. The van der Waals surface area contributed by atoms with Crippen molar-refractivity contribution in [2.24, 2.45) is 0 Å². The standard InChI is InChI=1S/C16H17BrN2O/c1-9-4-5-13(17)12(6-9)16(20)19-15-8-11(3)10(2)7-14(15)18/h4-8H,18H2,1-3H3,(H,19,20). The Morgan fingerprint density at radius 1 is 1.10 bits per heavy atom. The quantitative estimate of drug-likeness (QED) is 0.809. The summed E-state index contributed by atoms with van der Waals surface area (Å²) in [7, 11) is 0. The highest BCUT2D eigenvalue weighted by atomic mass is 79.9. The molecule has 0 spiro atoms. The van der Waals surface area contributed by atoms with Gasteiger partial charge in [-0.15, -0.1) is 0 Å². The average molecular weight is 333 g/mol. The van der Waals surface area contributed by atoms with Crippen LogP contribution in [0.2, 0.25) is 0 Å². The molecular weight excluding hydrogens is 316 g/mol. The van der Waals surface area contributed by atoms with Crippen molar-refractivity contribution in [2.45, 2.75) is 20.8 Å². The van der Waals surface area contributed by atoms with Crippen molar-refractivity contribution >= 4 is 33.2 Å². The monoisotopic (exact) mass is 332 g/mol. The van der Waals surface area contributed by atoms with E-state index in [4.69, 9.17) is 5.73 Å². The van der Waals surface area contributed by atoms with Gasteiger partial charge >= 0.3 is 0 Å². The summed E-state index contributed by atoms with van der Waals surface area (Å²) >= 11 is 3.40. The Morgan fingerprint density at radius 3 is 2.45 bits per heavy atom. The van der Waals surface area contributed by atoms with Gasteiger partial charge in [0.2, 0.25) is 0 Å². The van der Waals surface area contributed by atoms with Crippen LogP contribution in [0.4, 0.5) is 11.4 Å². The molecule has 0 bridgehead atoms. The Hall–Kier alpha value is -1.81. The number of hydrogen-bond donors (Lipinski definition) is 2. The van der Waals surface area contributed by atoms with Gasteiger partial charge in [0.05, 0.1) is 16.9 Å². The zero-order chi connectivity index (χ0) is 14.9. The Labute approximate surface area is 127 Å². The predicted octanol–water partition coefficient (Wildman–Crippen LogP) is 4.21. The Kier molecular flexibility index (Phi) is 4.14. The molecule has 0 fully saturated rings. The van der Waals surface area contributed by atoms with Crippen molar-refractivity contribution in [1.82, 2.24) is 0 Å². The van der Waals surface area contributed by atoms with E-state index < -0.39 is 0 Å². The molecule has 0 atom stereocenters. The van der Waals surface area contributed by atoms with Crippen molar-refractivity contribution in [1.29, 1.82) is 0 Å². The topological polar surface area (TPSA) is 55.1 Å². The molecule has 0 aliphatic heterocycles. The molecule has 0 aliphatic carbocycles. The maximum Gasteiger partial charge on any atom is 0.256 e. The first kappa shape index (κ1) is 14.6. The summed E-state index contributed by atoms with van der Waals surface area (Å²) in [6, 6.07) is 9.43. The third-order valence-corrected chi connectivity index (χ3v) is 3.97. The summed E-state index contributed by atoms with van der Waals surface area (Å²) in [6.45, 7) is 5.94. The van der Waals surface area contributed by atoms with Crippen LogP contribution in [0.3, 0.4) is 0 Å². The van der Waals surface area contributed by atoms with Gasteiger partial charge in [-0.2, -0.15) is 0 Å². The highest BCUT2D eigenvalue weighted by Crippen LogP contribution is 2.25. The molecule has 0 radical (unpaired) electrons. The molecule has 0 aromatic heterocycles. The Balaban J connectivity index is 2.32. The molecule has 3 nitrogen and oxygen atoms in total. The van der Waals surface area contributed by atoms with Crippen LogP contribution in [0.15, 0.2) is 34.8 Å². The fourth-order valence-electron chi connectivity index (χ4n) is 1.95. The number of benzene rings is 2. The number of anilines is 2. The number of hydrogen-bond acceptors (Lipinski definition) is 2. The highest BCUT2D eigenvalue weighted by molar-refractivity contribution is 9.10. The molecule has 0 saturated heterocycles. The van der Waals surface area contributed by atoms with Crippen LogP contribution < -0.4 is 11.1 Å². The smallest absolute Gasteiger partial charge is 0.256 e. The first-order chi connectivity index (χ1) is 9.38. The number of nitrogen functional groups attached to an aromatic ring is 1. The number of rotatable bonds is 2. The summed E-state index contributed by atoms with van der Waals surface area (Å²) in [5, 5.41) is 2.87. The van der Waals surface area contributed by atoms with Crippen molar-refractivity contribution < 1.29 is 4.79 Å². The van der Waals surface area contributed by atoms with E-state index in [0.717, 1.165) is 21.2 Å². The fourth-order valence-corrected chi connectivity index (χ4v) is 2.38. The van der Waals surface area contributed by atoms with E-state index in [2.05, 4.69) is 21.2 Å². The van der Waals surface area contributed by atoms with Crippen molar-refractivity contribution in [2.75, 3.05) is 11.1 Å². The largest absolute Gasteiger partial charge is 0.397 e. The number of nitrogens with one attached hydrogen (secondary N) is 1. The van der Waals surface area contributed by atoms with Crippen LogP contribution in [0.1, 0.15) is 27.0 Å². The van der Waals surface area contributed by atoms with Crippen LogP contribution in [0.25, 0.3) is 0 Å². The lowest BCUT2D eigenvalue weighted by Gasteiger charge is -2.12. The van der Waals surface area contributed by atoms with E-state index in [9.17, 15) is 4.79 Å². The van der Waals surface area contributed by atoms with Crippen molar-refractivity contribution in [3.05, 3.63) is 57.1 Å². The average Bonchev–Trinajstić information content (AvgIpc) is 2.38. The molecule has 4 heteroatoms. The number of aryl methyl sites for hydroxylation is 3. The second-order valence-electron chi connectivity index (χ2n) is 4.96. The first-order valence-corrected chi connectivity index (χ1v) is 7.12. The zero-order valence-corrected chi connectivity index (χ0v) is 13.3. The molecule has 0 saturated carbocycles. The lowest BCUT2D eigenvalue weighted by Crippen LogP contribution is -2.14. The molecule has 0 unspecified atom stereocenters. The minimum atomic E-state index is -0.171. The fraction of sp³-hybridized carbons (Fsp3) is 0.188. The van der Waals surface area contributed by atoms with E-state index in [0.29, 0.717) is 16.9 Å². The number of halogens is 1. The number of carbonyl (C=O) groups excluding carboxylic acids is 1. The molecular formula is C16H17BrN2O. The zero-order valence-electron chi connectivity index (χ0n) is 11.8. The van der Waals surface area contributed by atoms with Crippen LogP contribution in [0.5, 0.6) is 0 Å². The van der Waals surface area contributed by atoms with E-state index in [1.165, 1.54) is 0 Å². The van der Waals surface area contributed by atoms with Gasteiger partial charge in [0.25, 0.3) is 5.91 Å². The maximum atomic E-state index is 12.3. The van der Waals surface area contributed by atoms with Gasteiger partial charge in [0.15, 0.2) is 0 Å². The van der Waals surface area contributed by atoms with Gasteiger partial charge in [0, 0.05) is 4.47 Å². The number of carbonyl (C=O) groups is 1. The van der Waals surface area contributed by atoms with Crippen LogP contribution >= 0.6 is 15.9 Å².